The molecule has 4 heteroatoms. The van der Waals surface area contributed by atoms with E-state index in [0.717, 1.165) is 0 Å². The Bertz CT molecular complexity index is 127. The average Bonchev–Trinajstić information content (AvgIpc) is 1.63. The van der Waals surface area contributed by atoms with Crippen molar-refractivity contribution in [2.24, 2.45) is 5.41 Å². The second-order valence-corrected chi connectivity index (χ2v) is 2.68. The van der Waals surface area contributed by atoms with Gasteiger partial charge in [0.2, 0.25) is 0 Å². The van der Waals surface area contributed by atoms with Crippen molar-refractivity contribution >= 4 is 7.12 Å². The minimum atomic E-state index is -1.38. The monoisotopic (exact) mass is 127 g/mol. The SMILES string of the molecule is CC(C)(C#N)CB(O)O. The molecule has 0 amide bonds. The van der Waals surface area contributed by atoms with Gasteiger partial charge in [0.25, 0.3) is 0 Å². The molecule has 0 aromatic rings. The predicted octanol–water partition coefficient (Wildman–Crippen LogP) is 0.00898. The number of nitrogens with zero attached hydrogens (tertiary/aromatic N) is 1. The van der Waals surface area contributed by atoms with Crippen molar-refractivity contribution < 1.29 is 10.0 Å². The van der Waals surface area contributed by atoms with Crippen molar-refractivity contribution in [3.8, 4) is 6.07 Å². The van der Waals surface area contributed by atoms with Gasteiger partial charge in [-0.15, -0.1) is 0 Å². The van der Waals surface area contributed by atoms with E-state index < -0.39 is 12.5 Å². The van der Waals surface area contributed by atoms with Gasteiger partial charge in [0.1, 0.15) is 0 Å². The van der Waals surface area contributed by atoms with E-state index in [1.54, 1.807) is 13.8 Å². The zero-order valence-electron chi connectivity index (χ0n) is 5.63. The minimum absolute atomic E-state index is 0.101. The molecule has 0 heterocycles. The first-order valence-corrected chi connectivity index (χ1v) is 2.75. The maximum Gasteiger partial charge on any atom is 0.453 e. The third kappa shape index (κ3) is 4.01. The van der Waals surface area contributed by atoms with Crippen LogP contribution in [0.5, 0.6) is 0 Å². The topological polar surface area (TPSA) is 64.2 Å². The lowest BCUT2D eigenvalue weighted by atomic mass is 9.71. The summed E-state index contributed by atoms with van der Waals surface area (Å²) in [7, 11) is -1.38. The molecule has 0 aliphatic rings. The van der Waals surface area contributed by atoms with Gasteiger partial charge in [-0.3, -0.25) is 0 Å². The number of nitriles is 1. The second kappa shape index (κ2) is 2.86. The van der Waals surface area contributed by atoms with Gasteiger partial charge in [0.05, 0.1) is 11.5 Å². The lowest BCUT2D eigenvalue weighted by Gasteiger charge is -2.12. The van der Waals surface area contributed by atoms with E-state index in [-0.39, 0.29) is 6.32 Å². The first kappa shape index (κ1) is 8.47. The molecular weight excluding hydrogens is 117 g/mol. The van der Waals surface area contributed by atoms with Crippen LogP contribution in [0.15, 0.2) is 0 Å². The highest BCUT2D eigenvalue weighted by atomic mass is 16.4. The van der Waals surface area contributed by atoms with Crippen molar-refractivity contribution in [1.29, 1.82) is 5.26 Å². The summed E-state index contributed by atoms with van der Waals surface area (Å²) in [4.78, 5) is 0. The van der Waals surface area contributed by atoms with Gasteiger partial charge in [-0.25, -0.2) is 0 Å². The Kier molecular flexibility index (Phi) is 2.69. The molecule has 2 N–H and O–H groups in total. The summed E-state index contributed by atoms with van der Waals surface area (Å²) >= 11 is 0. The molecule has 0 rings (SSSR count). The van der Waals surface area contributed by atoms with Crippen LogP contribution in [0.3, 0.4) is 0 Å². The van der Waals surface area contributed by atoms with Crippen molar-refractivity contribution in [1.82, 2.24) is 0 Å². The van der Waals surface area contributed by atoms with Gasteiger partial charge in [-0.05, 0) is 13.8 Å². The van der Waals surface area contributed by atoms with Gasteiger partial charge >= 0.3 is 7.12 Å². The van der Waals surface area contributed by atoms with E-state index >= 15 is 0 Å². The molecule has 0 atom stereocenters. The number of hydrogen-bond donors (Lipinski definition) is 2. The Balaban J connectivity index is 3.76. The highest BCUT2D eigenvalue weighted by molar-refractivity contribution is 6.41. The molecule has 0 radical (unpaired) electrons. The summed E-state index contributed by atoms with van der Waals surface area (Å²) in [5, 5.41) is 25.2. The molecule has 50 valence electrons. The third-order valence-electron chi connectivity index (χ3n) is 0.996. The fourth-order valence-corrected chi connectivity index (χ4v) is 0.502. The third-order valence-corrected chi connectivity index (χ3v) is 0.996. The van der Waals surface area contributed by atoms with E-state index in [1.807, 2.05) is 6.07 Å². The van der Waals surface area contributed by atoms with Crippen LogP contribution in [0.2, 0.25) is 6.32 Å². The van der Waals surface area contributed by atoms with Crippen molar-refractivity contribution in [3.63, 3.8) is 0 Å². The normalized spacial score (nSPS) is 10.6. The standard InChI is InChI=1S/C5H10BNO2/c1-5(2,4-7)3-6(8)9/h8-9H,3H2,1-2H3. The smallest absolute Gasteiger partial charge is 0.427 e. The fourth-order valence-electron chi connectivity index (χ4n) is 0.502. The zero-order chi connectivity index (χ0) is 7.49. The van der Waals surface area contributed by atoms with Crippen LogP contribution in [-0.2, 0) is 0 Å². The van der Waals surface area contributed by atoms with Crippen LogP contribution in [0, 0.1) is 16.7 Å². The summed E-state index contributed by atoms with van der Waals surface area (Å²) in [5.74, 6) is 0. The molecule has 9 heavy (non-hydrogen) atoms. The zero-order valence-corrected chi connectivity index (χ0v) is 5.63. The van der Waals surface area contributed by atoms with Crippen LogP contribution in [-0.4, -0.2) is 17.2 Å². The Morgan fingerprint density at radius 1 is 1.56 bits per heavy atom. The van der Waals surface area contributed by atoms with Gasteiger partial charge < -0.3 is 10.0 Å². The lowest BCUT2D eigenvalue weighted by Crippen LogP contribution is -2.21. The summed E-state index contributed by atoms with van der Waals surface area (Å²) in [6.07, 6.45) is 0.101. The maximum absolute atomic E-state index is 8.42. The van der Waals surface area contributed by atoms with Gasteiger partial charge in [0, 0.05) is 6.32 Å². The number of rotatable bonds is 2. The lowest BCUT2D eigenvalue weighted by molar-refractivity contribution is 0.377. The Hall–Kier alpha value is -0.525. The largest absolute Gasteiger partial charge is 0.453 e. The quantitative estimate of drug-likeness (QED) is 0.513. The molecule has 3 nitrogen and oxygen atoms in total. The summed E-state index contributed by atoms with van der Waals surface area (Å²) in [5.41, 5.74) is -0.631. The molecule has 0 saturated heterocycles. The predicted molar refractivity (Wildman–Crippen MR) is 34.4 cm³/mol. The van der Waals surface area contributed by atoms with Gasteiger partial charge in [0.15, 0.2) is 0 Å². The average molecular weight is 127 g/mol. The van der Waals surface area contributed by atoms with Crippen molar-refractivity contribution in [2.45, 2.75) is 20.2 Å². The second-order valence-electron chi connectivity index (χ2n) is 2.68. The minimum Gasteiger partial charge on any atom is -0.427 e. The van der Waals surface area contributed by atoms with Crippen LogP contribution >= 0.6 is 0 Å². The Labute approximate surface area is 55.1 Å². The van der Waals surface area contributed by atoms with Crippen LogP contribution < -0.4 is 0 Å². The number of hydrogen-bond acceptors (Lipinski definition) is 3. The summed E-state index contributed by atoms with van der Waals surface area (Å²) in [6, 6.07) is 1.95. The van der Waals surface area contributed by atoms with Gasteiger partial charge in [-0.2, -0.15) is 5.26 Å². The van der Waals surface area contributed by atoms with E-state index in [1.165, 1.54) is 0 Å². The van der Waals surface area contributed by atoms with E-state index in [0.29, 0.717) is 0 Å². The van der Waals surface area contributed by atoms with Crippen LogP contribution in [0.4, 0.5) is 0 Å². The molecule has 0 spiro atoms. The molecule has 0 aliphatic carbocycles. The highest BCUT2D eigenvalue weighted by Gasteiger charge is 2.23. The summed E-state index contributed by atoms with van der Waals surface area (Å²) in [6.45, 7) is 3.32. The van der Waals surface area contributed by atoms with E-state index in [2.05, 4.69) is 0 Å². The Morgan fingerprint density at radius 3 is 2.11 bits per heavy atom. The van der Waals surface area contributed by atoms with Crippen LogP contribution in [0.1, 0.15) is 13.8 Å². The van der Waals surface area contributed by atoms with E-state index in [4.69, 9.17) is 15.3 Å². The molecule has 0 bridgehead atoms. The van der Waals surface area contributed by atoms with Crippen LogP contribution in [0.25, 0.3) is 0 Å². The molecule has 0 unspecified atom stereocenters. The molecule has 0 aliphatic heterocycles. The van der Waals surface area contributed by atoms with E-state index in [9.17, 15) is 0 Å². The molecular formula is C5H10BNO2. The summed E-state index contributed by atoms with van der Waals surface area (Å²) < 4.78 is 0. The van der Waals surface area contributed by atoms with Crippen molar-refractivity contribution in [2.75, 3.05) is 0 Å². The first-order chi connectivity index (χ1) is 3.98. The first-order valence-electron chi connectivity index (χ1n) is 2.75. The Morgan fingerprint density at radius 2 is 2.00 bits per heavy atom. The maximum atomic E-state index is 8.42. The molecule has 0 fully saturated rings. The van der Waals surface area contributed by atoms with Crippen molar-refractivity contribution in [3.05, 3.63) is 0 Å². The molecule has 0 aromatic carbocycles. The molecule has 0 aromatic heterocycles. The molecule has 0 saturated carbocycles. The fraction of sp³-hybridized carbons (Fsp3) is 0.800. The highest BCUT2D eigenvalue weighted by Crippen LogP contribution is 2.19. The van der Waals surface area contributed by atoms with Gasteiger partial charge in [-0.1, -0.05) is 0 Å².